The zero-order valence-corrected chi connectivity index (χ0v) is 18.8. The van der Waals surface area contributed by atoms with Crippen LogP contribution in [0.5, 0.6) is 0 Å². The minimum atomic E-state index is -0.210. The number of aliphatic imine (C=N–C) groups is 1. The fourth-order valence-electron chi connectivity index (χ4n) is 3.13. The quantitative estimate of drug-likeness (QED) is 0.375. The van der Waals surface area contributed by atoms with E-state index in [0.29, 0.717) is 12.5 Å². The van der Waals surface area contributed by atoms with E-state index in [-0.39, 0.29) is 35.2 Å². The number of piperidine rings is 1. The predicted molar refractivity (Wildman–Crippen MR) is 119 cm³/mol. The Balaban J connectivity index is 0.00000338. The Morgan fingerprint density at radius 3 is 2.58 bits per heavy atom. The fraction of sp³-hybridized carbons (Fsp3) is 0.650. The molecule has 0 radical (unpaired) electrons. The lowest BCUT2D eigenvalue weighted by Gasteiger charge is -2.29. The van der Waals surface area contributed by atoms with Crippen molar-refractivity contribution in [3.8, 4) is 0 Å². The Bertz CT molecular complexity index is 569. The number of guanidine groups is 1. The van der Waals surface area contributed by atoms with E-state index in [1.807, 2.05) is 6.07 Å². The van der Waals surface area contributed by atoms with Crippen molar-refractivity contribution in [2.24, 2.45) is 10.9 Å². The Morgan fingerprint density at radius 1 is 1.27 bits per heavy atom. The molecule has 0 aliphatic carbocycles. The van der Waals surface area contributed by atoms with Crippen LogP contribution in [0.15, 0.2) is 29.3 Å². The third kappa shape index (κ3) is 7.39. The second-order valence-corrected chi connectivity index (χ2v) is 7.72. The summed E-state index contributed by atoms with van der Waals surface area (Å²) in [5.74, 6) is 1.36. The van der Waals surface area contributed by atoms with Crippen LogP contribution < -0.4 is 10.6 Å². The molecule has 148 valence electrons. The van der Waals surface area contributed by atoms with Crippen LogP contribution in [0.3, 0.4) is 0 Å². The lowest BCUT2D eigenvalue weighted by atomic mass is 9.85. The summed E-state index contributed by atoms with van der Waals surface area (Å²) >= 11 is 0. The second-order valence-electron chi connectivity index (χ2n) is 7.72. The summed E-state index contributed by atoms with van der Waals surface area (Å²) in [7, 11) is 2.18. The fourth-order valence-corrected chi connectivity index (χ4v) is 3.13. The first-order valence-corrected chi connectivity index (χ1v) is 9.37. The minimum absolute atomic E-state index is 0. The summed E-state index contributed by atoms with van der Waals surface area (Å²) < 4.78 is 13.5. The molecule has 6 heteroatoms. The SMILES string of the molecule is CCNC(=NCC(C)(C)c1cccc(F)c1)NCC1CCN(C)CC1.I. The van der Waals surface area contributed by atoms with Crippen molar-refractivity contribution in [1.29, 1.82) is 0 Å². The monoisotopic (exact) mass is 476 g/mol. The van der Waals surface area contributed by atoms with Crippen molar-refractivity contribution in [1.82, 2.24) is 15.5 Å². The van der Waals surface area contributed by atoms with Gasteiger partial charge in [0.25, 0.3) is 0 Å². The third-order valence-corrected chi connectivity index (χ3v) is 4.98. The van der Waals surface area contributed by atoms with Gasteiger partial charge in [-0.1, -0.05) is 26.0 Å². The molecule has 2 rings (SSSR count). The molecule has 1 aromatic rings. The molecule has 0 spiro atoms. The summed E-state index contributed by atoms with van der Waals surface area (Å²) in [5.41, 5.74) is 0.764. The maximum absolute atomic E-state index is 13.5. The van der Waals surface area contributed by atoms with E-state index in [2.05, 4.69) is 43.4 Å². The number of hydrogen-bond donors (Lipinski definition) is 2. The molecule has 4 nitrogen and oxygen atoms in total. The Kier molecular flexibility index (Phi) is 9.85. The average Bonchev–Trinajstić information content (AvgIpc) is 2.59. The van der Waals surface area contributed by atoms with Gasteiger partial charge >= 0.3 is 0 Å². The molecule has 0 aromatic heterocycles. The highest BCUT2D eigenvalue weighted by Crippen LogP contribution is 2.24. The largest absolute Gasteiger partial charge is 0.357 e. The Labute approximate surface area is 175 Å². The van der Waals surface area contributed by atoms with E-state index < -0.39 is 0 Å². The van der Waals surface area contributed by atoms with Crippen LogP contribution in [0.2, 0.25) is 0 Å². The van der Waals surface area contributed by atoms with E-state index in [9.17, 15) is 4.39 Å². The zero-order valence-electron chi connectivity index (χ0n) is 16.5. The molecule has 1 aliphatic heterocycles. The predicted octanol–water partition coefficient (Wildman–Crippen LogP) is 3.62. The van der Waals surface area contributed by atoms with Crippen LogP contribution in [0.4, 0.5) is 4.39 Å². The van der Waals surface area contributed by atoms with Gasteiger partial charge in [0.1, 0.15) is 5.82 Å². The summed E-state index contributed by atoms with van der Waals surface area (Å²) in [5, 5.41) is 6.81. The summed E-state index contributed by atoms with van der Waals surface area (Å²) in [6, 6.07) is 6.82. The van der Waals surface area contributed by atoms with Gasteiger partial charge < -0.3 is 15.5 Å². The topological polar surface area (TPSA) is 39.7 Å². The standard InChI is InChI=1S/C20H33FN4.HI/c1-5-22-19(23-14-16-9-11-25(4)12-10-16)24-15-20(2,3)17-7-6-8-18(21)13-17;/h6-8,13,16H,5,9-12,14-15H2,1-4H3,(H2,22,23,24);1H. The van der Waals surface area contributed by atoms with Gasteiger partial charge in [-0.25, -0.2) is 4.39 Å². The number of halogens is 2. The van der Waals surface area contributed by atoms with Gasteiger partial charge in [0.05, 0.1) is 6.54 Å². The average molecular weight is 476 g/mol. The van der Waals surface area contributed by atoms with Crippen molar-refractivity contribution in [3.05, 3.63) is 35.6 Å². The maximum atomic E-state index is 13.5. The molecule has 0 amide bonds. The summed E-state index contributed by atoms with van der Waals surface area (Å²) in [4.78, 5) is 7.14. The highest BCUT2D eigenvalue weighted by atomic mass is 127. The first kappa shape index (κ1) is 23.1. The van der Waals surface area contributed by atoms with Crippen molar-refractivity contribution in [3.63, 3.8) is 0 Å². The molecule has 0 bridgehead atoms. The first-order chi connectivity index (χ1) is 11.9. The van der Waals surface area contributed by atoms with Gasteiger partial charge in [0.15, 0.2) is 5.96 Å². The zero-order chi connectivity index (χ0) is 18.3. The van der Waals surface area contributed by atoms with Crippen molar-refractivity contribution >= 4 is 29.9 Å². The van der Waals surface area contributed by atoms with Crippen LogP contribution in [0, 0.1) is 11.7 Å². The number of benzene rings is 1. The highest BCUT2D eigenvalue weighted by molar-refractivity contribution is 14.0. The van der Waals surface area contributed by atoms with Crippen LogP contribution in [0.25, 0.3) is 0 Å². The van der Waals surface area contributed by atoms with Gasteiger partial charge in [-0.3, -0.25) is 4.99 Å². The van der Waals surface area contributed by atoms with E-state index >= 15 is 0 Å². The molecule has 1 aliphatic rings. The molecule has 0 saturated carbocycles. The lowest BCUT2D eigenvalue weighted by Crippen LogP contribution is -2.42. The highest BCUT2D eigenvalue weighted by Gasteiger charge is 2.21. The van der Waals surface area contributed by atoms with Crippen molar-refractivity contribution in [2.45, 2.75) is 39.0 Å². The molecular formula is C20H34FIN4. The van der Waals surface area contributed by atoms with Crippen molar-refractivity contribution < 1.29 is 4.39 Å². The van der Waals surface area contributed by atoms with Crippen molar-refractivity contribution in [2.75, 3.05) is 39.8 Å². The van der Waals surface area contributed by atoms with E-state index in [4.69, 9.17) is 4.99 Å². The van der Waals surface area contributed by atoms with Crippen LogP contribution in [0.1, 0.15) is 39.2 Å². The van der Waals surface area contributed by atoms with Crippen LogP contribution >= 0.6 is 24.0 Å². The van der Waals surface area contributed by atoms with Crippen LogP contribution in [-0.4, -0.2) is 50.6 Å². The molecule has 0 atom stereocenters. The molecular weight excluding hydrogens is 442 g/mol. The summed E-state index contributed by atoms with van der Waals surface area (Å²) in [6.07, 6.45) is 2.47. The minimum Gasteiger partial charge on any atom is -0.357 e. The summed E-state index contributed by atoms with van der Waals surface area (Å²) in [6.45, 7) is 11.0. The van der Waals surface area contributed by atoms with E-state index in [1.54, 1.807) is 12.1 Å². The molecule has 0 unspecified atom stereocenters. The molecule has 1 heterocycles. The van der Waals surface area contributed by atoms with Crippen LogP contribution in [-0.2, 0) is 5.41 Å². The molecule has 26 heavy (non-hydrogen) atoms. The van der Waals surface area contributed by atoms with Gasteiger partial charge in [-0.05, 0) is 63.5 Å². The molecule has 2 N–H and O–H groups in total. The normalized spacial score (nSPS) is 16.9. The maximum Gasteiger partial charge on any atom is 0.191 e. The number of nitrogens with one attached hydrogen (secondary N) is 2. The van der Waals surface area contributed by atoms with Gasteiger partial charge in [-0.2, -0.15) is 0 Å². The third-order valence-electron chi connectivity index (χ3n) is 4.98. The molecule has 1 fully saturated rings. The van der Waals surface area contributed by atoms with Gasteiger partial charge in [-0.15, -0.1) is 24.0 Å². The Hall–Kier alpha value is -0.890. The molecule has 1 aromatic carbocycles. The van der Waals surface area contributed by atoms with E-state index in [1.165, 1.54) is 32.0 Å². The number of nitrogens with zero attached hydrogens (tertiary/aromatic N) is 2. The smallest absolute Gasteiger partial charge is 0.191 e. The lowest BCUT2D eigenvalue weighted by molar-refractivity contribution is 0.220. The number of rotatable bonds is 6. The van der Waals surface area contributed by atoms with Gasteiger partial charge in [0.2, 0.25) is 0 Å². The van der Waals surface area contributed by atoms with E-state index in [0.717, 1.165) is 24.6 Å². The first-order valence-electron chi connectivity index (χ1n) is 9.37. The second kappa shape index (κ2) is 11.1. The van der Waals surface area contributed by atoms with Gasteiger partial charge in [0, 0.05) is 18.5 Å². The molecule has 1 saturated heterocycles. The number of hydrogen-bond acceptors (Lipinski definition) is 2. The number of likely N-dealkylation sites (tertiary alicyclic amines) is 1. The Morgan fingerprint density at radius 2 is 1.96 bits per heavy atom.